The van der Waals surface area contributed by atoms with Crippen LogP contribution in [-0.4, -0.2) is 48.9 Å². The maximum Gasteiger partial charge on any atom is 0.226 e. The molecule has 1 aromatic rings. The van der Waals surface area contributed by atoms with Gasteiger partial charge >= 0.3 is 0 Å². The first kappa shape index (κ1) is 13.5. The van der Waals surface area contributed by atoms with Crippen LogP contribution in [-0.2, 0) is 17.6 Å². The Balaban J connectivity index is 1.74. The highest BCUT2D eigenvalue weighted by molar-refractivity contribution is 4.87. The molecule has 5 nitrogen and oxygen atoms in total. The van der Waals surface area contributed by atoms with Crippen molar-refractivity contribution in [1.29, 1.82) is 0 Å². The zero-order valence-corrected chi connectivity index (χ0v) is 11.4. The van der Waals surface area contributed by atoms with Gasteiger partial charge in [-0.2, -0.15) is 4.98 Å². The van der Waals surface area contributed by atoms with Crippen LogP contribution in [0.25, 0.3) is 0 Å². The number of ether oxygens (including phenoxy) is 1. The Bertz CT molecular complexity index is 354. The van der Waals surface area contributed by atoms with E-state index < -0.39 is 0 Å². The molecule has 1 aliphatic heterocycles. The molecule has 0 unspecified atom stereocenters. The Morgan fingerprint density at radius 3 is 3.11 bits per heavy atom. The lowest BCUT2D eigenvalue weighted by Gasteiger charge is -2.29. The number of rotatable bonds is 6. The Hall–Kier alpha value is -0.940. The van der Waals surface area contributed by atoms with Crippen molar-refractivity contribution in [2.75, 3.05) is 33.9 Å². The number of hydrogen-bond acceptors (Lipinski definition) is 5. The molecule has 2 rings (SSSR count). The molecule has 1 aliphatic rings. The number of piperidine rings is 1. The fourth-order valence-electron chi connectivity index (χ4n) is 2.52. The van der Waals surface area contributed by atoms with Crippen LogP contribution in [0.2, 0.25) is 0 Å². The lowest BCUT2D eigenvalue weighted by Crippen LogP contribution is -2.32. The van der Waals surface area contributed by atoms with Crippen LogP contribution in [0.15, 0.2) is 4.52 Å². The topological polar surface area (TPSA) is 51.4 Å². The first-order chi connectivity index (χ1) is 8.78. The van der Waals surface area contributed by atoms with E-state index in [4.69, 9.17) is 9.26 Å². The van der Waals surface area contributed by atoms with Crippen LogP contribution in [0.3, 0.4) is 0 Å². The van der Waals surface area contributed by atoms with E-state index in [1.807, 2.05) is 0 Å². The monoisotopic (exact) mass is 253 g/mol. The van der Waals surface area contributed by atoms with Gasteiger partial charge in [-0.1, -0.05) is 5.16 Å². The van der Waals surface area contributed by atoms with Crippen molar-refractivity contribution in [2.24, 2.45) is 5.92 Å². The summed E-state index contributed by atoms with van der Waals surface area (Å²) in [5.74, 6) is 2.31. The van der Waals surface area contributed by atoms with Gasteiger partial charge in [0.2, 0.25) is 5.89 Å². The molecule has 0 saturated carbocycles. The molecule has 1 saturated heterocycles. The SMILES string of the molecule is COCCc1noc(CC[C@@H]2CCCN(C)C2)n1. The quantitative estimate of drug-likeness (QED) is 0.769. The minimum Gasteiger partial charge on any atom is -0.384 e. The maximum atomic E-state index is 5.25. The molecule has 0 aliphatic carbocycles. The van der Waals surface area contributed by atoms with Gasteiger partial charge in [0, 0.05) is 26.5 Å². The van der Waals surface area contributed by atoms with E-state index in [0.717, 1.165) is 36.9 Å². The van der Waals surface area contributed by atoms with Gasteiger partial charge in [0.05, 0.1) is 6.61 Å². The zero-order valence-electron chi connectivity index (χ0n) is 11.4. The number of nitrogens with zero attached hydrogens (tertiary/aromatic N) is 3. The van der Waals surface area contributed by atoms with E-state index in [9.17, 15) is 0 Å². The van der Waals surface area contributed by atoms with Gasteiger partial charge in [0.1, 0.15) is 0 Å². The second kappa shape index (κ2) is 6.85. The second-order valence-electron chi connectivity index (χ2n) is 5.16. The van der Waals surface area contributed by atoms with Crippen LogP contribution in [0, 0.1) is 5.92 Å². The standard InChI is InChI=1S/C13H23N3O2/c1-16-8-3-4-11(10-16)5-6-13-14-12(15-18-13)7-9-17-2/h11H,3-10H2,1-2H3/t11-/m0/s1. The third-order valence-electron chi connectivity index (χ3n) is 3.53. The van der Waals surface area contributed by atoms with Crippen molar-refractivity contribution < 1.29 is 9.26 Å². The minimum atomic E-state index is 0.645. The molecule has 0 spiro atoms. The summed E-state index contributed by atoms with van der Waals surface area (Å²) in [6, 6.07) is 0. The van der Waals surface area contributed by atoms with Crippen molar-refractivity contribution >= 4 is 0 Å². The van der Waals surface area contributed by atoms with Crippen LogP contribution >= 0.6 is 0 Å². The van der Waals surface area contributed by atoms with E-state index in [2.05, 4.69) is 22.1 Å². The molecule has 2 heterocycles. The summed E-state index contributed by atoms with van der Waals surface area (Å²) in [6.45, 7) is 3.08. The fourth-order valence-corrected chi connectivity index (χ4v) is 2.52. The molecule has 102 valence electrons. The third kappa shape index (κ3) is 4.07. The Kier molecular flexibility index (Phi) is 5.13. The summed E-state index contributed by atoms with van der Waals surface area (Å²) >= 11 is 0. The predicted molar refractivity (Wildman–Crippen MR) is 68.4 cm³/mol. The fraction of sp³-hybridized carbons (Fsp3) is 0.846. The number of aryl methyl sites for hydroxylation is 1. The second-order valence-corrected chi connectivity index (χ2v) is 5.16. The van der Waals surface area contributed by atoms with Crippen molar-refractivity contribution in [2.45, 2.75) is 32.1 Å². The molecular weight excluding hydrogens is 230 g/mol. The van der Waals surface area contributed by atoms with E-state index in [1.165, 1.54) is 25.9 Å². The van der Waals surface area contributed by atoms with Gasteiger partial charge in [-0.15, -0.1) is 0 Å². The predicted octanol–water partition coefficient (Wildman–Crippen LogP) is 1.53. The molecule has 0 N–H and O–H groups in total. The number of aromatic nitrogens is 2. The largest absolute Gasteiger partial charge is 0.384 e. The minimum absolute atomic E-state index is 0.645. The maximum absolute atomic E-state index is 5.25. The highest BCUT2D eigenvalue weighted by atomic mass is 16.5. The first-order valence-electron chi connectivity index (χ1n) is 6.77. The van der Waals surface area contributed by atoms with Gasteiger partial charge in [0.15, 0.2) is 5.82 Å². The summed E-state index contributed by atoms with van der Waals surface area (Å²) in [7, 11) is 3.88. The Labute approximate surface area is 108 Å². The summed E-state index contributed by atoms with van der Waals surface area (Å²) in [5.41, 5.74) is 0. The summed E-state index contributed by atoms with van der Waals surface area (Å²) in [5, 5.41) is 3.96. The molecule has 1 aromatic heterocycles. The molecular formula is C13H23N3O2. The highest BCUT2D eigenvalue weighted by Gasteiger charge is 2.18. The summed E-state index contributed by atoms with van der Waals surface area (Å²) in [4.78, 5) is 6.79. The van der Waals surface area contributed by atoms with Crippen molar-refractivity contribution in [3.8, 4) is 0 Å². The molecule has 1 fully saturated rings. The summed E-state index contributed by atoms with van der Waals surface area (Å²) in [6.07, 6.45) is 5.42. The molecule has 5 heteroatoms. The lowest BCUT2D eigenvalue weighted by molar-refractivity contribution is 0.198. The van der Waals surface area contributed by atoms with Gasteiger partial charge in [-0.25, -0.2) is 0 Å². The van der Waals surface area contributed by atoms with E-state index in [-0.39, 0.29) is 0 Å². The van der Waals surface area contributed by atoms with Crippen molar-refractivity contribution in [3.63, 3.8) is 0 Å². The van der Waals surface area contributed by atoms with Crippen LogP contribution in [0.4, 0.5) is 0 Å². The lowest BCUT2D eigenvalue weighted by atomic mass is 9.94. The molecule has 0 aromatic carbocycles. The van der Waals surface area contributed by atoms with Crippen LogP contribution in [0.5, 0.6) is 0 Å². The molecule has 0 bridgehead atoms. The number of likely N-dealkylation sites (tertiary alicyclic amines) is 1. The van der Waals surface area contributed by atoms with Crippen molar-refractivity contribution in [1.82, 2.24) is 15.0 Å². The average Bonchev–Trinajstić information content (AvgIpc) is 2.82. The third-order valence-corrected chi connectivity index (χ3v) is 3.53. The number of hydrogen-bond donors (Lipinski definition) is 0. The zero-order chi connectivity index (χ0) is 12.8. The smallest absolute Gasteiger partial charge is 0.226 e. The van der Waals surface area contributed by atoms with Crippen LogP contribution in [0.1, 0.15) is 31.0 Å². The highest BCUT2D eigenvalue weighted by Crippen LogP contribution is 2.20. The normalized spacial score (nSPS) is 21.3. The Morgan fingerprint density at radius 2 is 2.33 bits per heavy atom. The first-order valence-corrected chi connectivity index (χ1v) is 6.77. The molecule has 18 heavy (non-hydrogen) atoms. The van der Waals surface area contributed by atoms with E-state index in [0.29, 0.717) is 6.61 Å². The van der Waals surface area contributed by atoms with Crippen LogP contribution < -0.4 is 0 Å². The van der Waals surface area contributed by atoms with Gasteiger partial charge in [0.25, 0.3) is 0 Å². The molecule has 0 amide bonds. The van der Waals surface area contributed by atoms with E-state index in [1.54, 1.807) is 7.11 Å². The van der Waals surface area contributed by atoms with Gasteiger partial charge < -0.3 is 14.2 Å². The van der Waals surface area contributed by atoms with E-state index >= 15 is 0 Å². The molecule has 1 atom stereocenters. The molecule has 0 radical (unpaired) electrons. The summed E-state index contributed by atoms with van der Waals surface area (Å²) < 4.78 is 10.2. The Morgan fingerprint density at radius 1 is 1.44 bits per heavy atom. The average molecular weight is 253 g/mol. The van der Waals surface area contributed by atoms with Gasteiger partial charge in [-0.05, 0) is 38.8 Å². The van der Waals surface area contributed by atoms with Crippen molar-refractivity contribution in [3.05, 3.63) is 11.7 Å². The number of methoxy groups -OCH3 is 1. The van der Waals surface area contributed by atoms with Gasteiger partial charge in [-0.3, -0.25) is 0 Å².